The Bertz CT molecular complexity index is 1300. The quantitative estimate of drug-likeness (QED) is 0.330. The zero-order valence-corrected chi connectivity index (χ0v) is 21.4. The number of benzene rings is 2. The minimum Gasteiger partial charge on any atom is -0.484 e. The van der Waals surface area contributed by atoms with Gasteiger partial charge in [0, 0.05) is 60.4 Å². The summed E-state index contributed by atoms with van der Waals surface area (Å²) in [6.07, 6.45) is 3.48. The van der Waals surface area contributed by atoms with Crippen molar-refractivity contribution in [3.8, 4) is 17.1 Å². The minimum atomic E-state index is -0.165. The third-order valence-electron chi connectivity index (χ3n) is 5.98. The molecule has 0 bridgehead atoms. The highest BCUT2D eigenvalue weighted by Crippen LogP contribution is 2.30. The molecule has 0 spiro atoms. The number of rotatable bonds is 9. The van der Waals surface area contributed by atoms with Gasteiger partial charge in [-0.05, 0) is 50.7 Å². The normalized spacial score (nSPS) is 13.7. The van der Waals surface area contributed by atoms with Crippen LogP contribution in [0.1, 0.15) is 30.7 Å². The molecule has 3 aromatic rings. The molecule has 1 aliphatic rings. The van der Waals surface area contributed by atoms with Crippen molar-refractivity contribution in [3.63, 3.8) is 0 Å². The Morgan fingerprint density at radius 2 is 2.00 bits per heavy atom. The summed E-state index contributed by atoms with van der Waals surface area (Å²) in [5.74, 6) is 1.76. The van der Waals surface area contributed by atoms with Crippen molar-refractivity contribution in [1.29, 1.82) is 5.41 Å². The first kappa shape index (κ1) is 25.8. The molecule has 5 N–H and O–H groups in total. The van der Waals surface area contributed by atoms with Gasteiger partial charge in [-0.25, -0.2) is 9.97 Å². The second-order valence-corrected chi connectivity index (χ2v) is 9.32. The molecular weight excluding hydrogens is 466 g/mol. The molecular formula is C28H33N7O2. The molecule has 192 valence electrons. The second kappa shape index (κ2) is 11.7. The summed E-state index contributed by atoms with van der Waals surface area (Å²) >= 11 is 0. The van der Waals surface area contributed by atoms with Crippen molar-refractivity contribution in [2.24, 2.45) is 5.73 Å². The van der Waals surface area contributed by atoms with Gasteiger partial charge in [0.2, 0.25) is 0 Å². The van der Waals surface area contributed by atoms with Crippen molar-refractivity contribution in [2.75, 3.05) is 25.5 Å². The molecule has 0 fully saturated rings. The van der Waals surface area contributed by atoms with Crippen LogP contribution in [0.3, 0.4) is 0 Å². The van der Waals surface area contributed by atoms with Crippen LogP contribution >= 0.6 is 0 Å². The number of fused-ring (bicyclic) bond motifs is 1. The molecule has 0 saturated carbocycles. The number of hydrogen-bond acceptors (Lipinski definition) is 8. The number of nitrogens with one attached hydrogen (secondary N) is 3. The fourth-order valence-electron chi connectivity index (χ4n) is 4.13. The van der Waals surface area contributed by atoms with Crippen LogP contribution < -0.4 is 21.1 Å². The van der Waals surface area contributed by atoms with Crippen LogP contribution in [0.5, 0.6) is 5.75 Å². The molecule has 1 aliphatic heterocycles. The molecule has 0 saturated heterocycles. The van der Waals surface area contributed by atoms with E-state index in [-0.39, 0.29) is 18.6 Å². The highest BCUT2D eigenvalue weighted by atomic mass is 16.5. The first-order valence-corrected chi connectivity index (χ1v) is 12.3. The Kier molecular flexibility index (Phi) is 8.15. The summed E-state index contributed by atoms with van der Waals surface area (Å²) in [7, 11) is 2.09. The number of carbonyl (C=O) groups excluding carboxylic acids is 1. The van der Waals surface area contributed by atoms with Gasteiger partial charge in [0.05, 0.1) is 5.69 Å². The van der Waals surface area contributed by atoms with Crippen LogP contribution in [-0.2, 0) is 17.8 Å². The van der Waals surface area contributed by atoms with Gasteiger partial charge >= 0.3 is 0 Å². The lowest BCUT2D eigenvalue weighted by Crippen LogP contribution is -2.34. The molecule has 0 aliphatic carbocycles. The number of anilines is 2. The lowest BCUT2D eigenvalue weighted by molar-refractivity contribution is -0.123. The van der Waals surface area contributed by atoms with Crippen molar-refractivity contribution < 1.29 is 9.53 Å². The number of amides is 1. The smallest absolute Gasteiger partial charge is 0.258 e. The van der Waals surface area contributed by atoms with Gasteiger partial charge in [-0.3, -0.25) is 4.79 Å². The average molecular weight is 500 g/mol. The van der Waals surface area contributed by atoms with E-state index in [9.17, 15) is 4.79 Å². The molecule has 2 aromatic carbocycles. The molecule has 0 radical (unpaired) electrons. The van der Waals surface area contributed by atoms with E-state index in [1.165, 1.54) is 12.4 Å². The molecule has 9 nitrogen and oxygen atoms in total. The highest BCUT2D eigenvalue weighted by Gasteiger charge is 2.21. The Hall–Kier alpha value is -4.24. The fourth-order valence-corrected chi connectivity index (χ4v) is 4.13. The summed E-state index contributed by atoms with van der Waals surface area (Å²) in [6.45, 7) is 5.44. The minimum absolute atomic E-state index is 0.0547. The first-order chi connectivity index (χ1) is 17.9. The lowest BCUT2D eigenvalue weighted by atomic mass is 10.0. The topological polar surface area (TPSA) is 129 Å². The maximum atomic E-state index is 12.0. The lowest BCUT2D eigenvalue weighted by Gasteiger charge is -2.26. The molecule has 37 heavy (non-hydrogen) atoms. The van der Waals surface area contributed by atoms with E-state index in [4.69, 9.17) is 25.8 Å². The molecule has 1 amide bonds. The van der Waals surface area contributed by atoms with Crippen LogP contribution in [0.15, 0.2) is 54.7 Å². The van der Waals surface area contributed by atoms with Crippen molar-refractivity contribution in [2.45, 2.75) is 32.9 Å². The van der Waals surface area contributed by atoms with Crippen molar-refractivity contribution >= 4 is 29.2 Å². The van der Waals surface area contributed by atoms with E-state index in [1.54, 1.807) is 0 Å². The van der Waals surface area contributed by atoms with Crippen molar-refractivity contribution in [1.82, 2.24) is 20.2 Å². The maximum Gasteiger partial charge on any atom is 0.258 e. The van der Waals surface area contributed by atoms with Gasteiger partial charge in [-0.2, -0.15) is 0 Å². The van der Waals surface area contributed by atoms with Gasteiger partial charge in [0.15, 0.2) is 12.4 Å². The third kappa shape index (κ3) is 6.50. The average Bonchev–Trinajstić information content (AvgIpc) is 2.89. The monoisotopic (exact) mass is 499 g/mol. The standard InChI is InChI=1S/C28H33N7O2/c1-18(2)31-26(36)17-37-23-6-4-5-20(13-23)27-33-25-11-12-35(3)16-24(25)28(34-27)32-22-9-7-19(8-10-22)21(14-29)15-30/h4-10,13-15,18,29H,11-12,16-17,30H2,1-3H3,(H,31,36)(H,32,33,34)/b21-15+,29-14?. The molecule has 0 atom stereocenters. The molecule has 9 heteroatoms. The summed E-state index contributed by atoms with van der Waals surface area (Å²) in [4.78, 5) is 24.0. The first-order valence-electron chi connectivity index (χ1n) is 12.3. The van der Waals surface area contributed by atoms with E-state index in [2.05, 4.69) is 22.6 Å². The van der Waals surface area contributed by atoms with E-state index < -0.39 is 0 Å². The molecule has 0 unspecified atom stereocenters. The van der Waals surface area contributed by atoms with Gasteiger partial charge in [-0.1, -0.05) is 24.3 Å². The zero-order valence-electron chi connectivity index (χ0n) is 21.4. The molecule has 1 aromatic heterocycles. The fraction of sp³-hybridized carbons (Fsp3) is 0.286. The Balaban J connectivity index is 1.62. The summed E-state index contributed by atoms with van der Waals surface area (Å²) in [6, 6.07) is 15.3. The predicted octanol–water partition coefficient (Wildman–Crippen LogP) is 3.73. The van der Waals surface area contributed by atoms with E-state index in [1.807, 2.05) is 62.4 Å². The number of ether oxygens (including phenoxy) is 1. The van der Waals surface area contributed by atoms with Gasteiger partial charge in [0.1, 0.15) is 11.6 Å². The number of aromatic nitrogens is 2. The van der Waals surface area contributed by atoms with Gasteiger partial charge < -0.3 is 31.4 Å². The van der Waals surface area contributed by atoms with E-state index in [0.29, 0.717) is 17.1 Å². The number of likely N-dealkylation sites (N-methyl/N-ethyl adjacent to an activating group) is 1. The number of hydrogen-bond donors (Lipinski definition) is 4. The molecule has 4 rings (SSSR count). The van der Waals surface area contributed by atoms with Crippen LogP contribution in [0.25, 0.3) is 17.0 Å². The summed E-state index contributed by atoms with van der Waals surface area (Å²) < 4.78 is 5.71. The van der Waals surface area contributed by atoms with Crippen molar-refractivity contribution in [3.05, 3.63) is 71.6 Å². The third-order valence-corrected chi connectivity index (χ3v) is 5.98. The van der Waals surface area contributed by atoms with Crippen LogP contribution in [0.4, 0.5) is 11.5 Å². The number of nitrogens with zero attached hydrogens (tertiary/aromatic N) is 3. The summed E-state index contributed by atoms with van der Waals surface area (Å²) in [5, 5.41) is 13.8. The van der Waals surface area contributed by atoms with E-state index >= 15 is 0 Å². The number of nitrogens with two attached hydrogens (primary N) is 1. The Morgan fingerprint density at radius 1 is 1.22 bits per heavy atom. The van der Waals surface area contributed by atoms with Crippen LogP contribution in [0.2, 0.25) is 0 Å². The van der Waals surface area contributed by atoms with Gasteiger partial charge in [-0.15, -0.1) is 0 Å². The van der Waals surface area contributed by atoms with Crippen LogP contribution in [-0.4, -0.2) is 53.2 Å². The predicted molar refractivity (Wildman–Crippen MR) is 147 cm³/mol. The van der Waals surface area contributed by atoms with Gasteiger partial charge in [0.25, 0.3) is 5.91 Å². The maximum absolute atomic E-state index is 12.0. The van der Waals surface area contributed by atoms with Crippen LogP contribution in [0, 0.1) is 5.41 Å². The number of allylic oxidation sites excluding steroid dienone is 1. The Morgan fingerprint density at radius 3 is 2.70 bits per heavy atom. The second-order valence-electron chi connectivity index (χ2n) is 9.32. The number of carbonyl (C=O) groups is 1. The summed E-state index contributed by atoms with van der Waals surface area (Å²) in [5.41, 5.74) is 10.9. The highest BCUT2D eigenvalue weighted by molar-refractivity contribution is 6.08. The molecule has 2 heterocycles. The van der Waals surface area contributed by atoms with E-state index in [0.717, 1.165) is 53.4 Å². The SMILES string of the molecule is CC(C)NC(=O)COc1cccc(-c2nc3c(c(Nc4ccc(/C(C=N)=C/N)cc4)n2)CN(C)CC3)c1. The Labute approximate surface area is 217 Å². The largest absolute Gasteiger partial charge is 0.484 e. The zero-order chi connectivity index (χ0) is 26.4.